The normalized spacial score (nSPS) is 16.8. The van der Waals surface area contributed by atoms with Crippen LogP contribution in [0, 0.1) is 11.3 Å². The van der Waals surface area contributed by atoms with E-state index in [1.807, 2.05) is 24.3 Å². The number of hydrogen-bond donors (Lipinski definition) is 2. The summed E-state index contributed by atoms with van der Waals surface area (Å²) < 4.78 is 29.8. The number of carbonyl (C=O) groups is 1. The first-order valence-electron chi connectivity index (χ1n) is 10.7. The van der Waals surface area contributed by atoms with E-state index >= 15 is 0 Å². The van der Waals surface area contributed by atoms with Crippen LogP contribution >= 0.6 is 0 Å². The standard InChI is InChI=1S/C24H29N3O4S/c1-17(2)32(29,30)22-9-7-20(8-10-22)19-5-3-18(4-6-19)15-21(16-25)27-23(28)24(26)11-13-31-14-12-24/h3-10,17,21H,11-15,26H2,1-2H3,(H,27,28)/t21-/m0/s1. The molecule has 0 unspecified atom stereocenters. The zero-order chi connectivity index (χ0) is 23.4. The van der Waals surface area contributed by atoms with E-state index in [1.165, 1.54) is 0 Å². The summed E-state index contributed by atoms with van der Waals surface area (Å²) in [4.78, 5) is 12.9. The molecular weight excluding hydrogens is 426 g/mol. The molecule has 1 fully saturated rings. The number of hydrogen-bond acceptors (Lipinski definition) is 6. The smallest absolute Gasteiger partial charge is 0.241 e. The van der Waals surface area contributed by atoms with Crippen LogP contribution in [0.5, 0.6) is 0 Å². The molecule has 1 atom stereocenters. The van der Waals surface area contributed by atoms with Crippen molar-refractivity contribution in [2.45, 2.75) is 54.8 Å². The Morgan fingerprint density at radius 2 is 1.62 bits per heavy atom. The highest BCUT2D eigenvalue weighted by atomic mass is 32.2. The fraction of sp³-hybridized carbons (Fsp3) is 0.417. The maximum atomic E-state index is 12.6. The summed E-state index contributed by atoms with van der Waals surface area (Å²) in [6.45, 7) is 4.20. The molecule has 0 radical (unpaired) electrons. The number of ether oxygens (including phenoxy) is 1. The molecule has 0 saturated carbocycles. The number of nitriles is 1. The predicted octanol–water partition coefficient (Wildman–Crippen LogP) is 2.59. The molecule has 1 aliphatic rings. The van der Waals surface area contributed by atoms with Gasteiger partial charge in [0.2, 0.25) is 5.91 Å². The molecule has 3 N–H and O–H groups in total. The molecule has 0 bridgehead atoms. The zero-order valence-corrected chi connectivity index (χ0v) is 19.2. The summed E-state index contributed by atoms with van der Waals surface area (Å²) in [5.41, 5.74) is 7.94. The van der Waals surface area contributed by atoms with Gasteiger partial charge in [0.1, 0.15) is 6.04 Å². The summed E-state index contributed by atoms with van der Waals surface area (Å²) in [7, 11) is -3.30. The topological polar surface area (TPSA) is 122 Å². The second-order valence-corrected chi connectivity index (χ2v) is 10.9. The van der Waals surface area contributed by atoms with Crippen molar-refractivity contribution in [3.05, 3.63) is 54.1 Å². The summed E-state index contributed by atoms with van der Waals surface area (Å²) in [5.74, 6) is -0.319. The Labute approximate surface area is 189 Å². The molecule has 8 heteroatoms. The highest BCUT2D eigenvalue weighted by molar-refractivity contribution is 7.92. The summed E-state index contributed by atoms with van der Waals surface area (Å²) >= 11 is 0. The molecule has 1 saturated heterocycles. The van der Waals surface area contributed by atoms with Gasteiger partial charge in [-0.05, 0) is 55.5 Å². The van der Waals surface area contributed by atoms with Crippen LogP contribution in [-0.4, -0.2) is 44.4 Å². The Morgan fingerprint density at radius 3 is 2.12 bits per heavy atom. The summed E-state index contributed by atoms with van der Waals surface area (Å²) in [5, 5.41) is 11.8. The van der Waals surface area contributed by atoms with Crippen molar-refractivity contribution < 1.29 is 17.9 Å². The first kappa shape index (κ1) is 23.9. The van der Waals surface area contributed by atoms with Gasteiger partial charge in [-0.3, -0.25) is 4.79 Å². The molecule has 32 heavy (non-hydrogen) atoms. The van der Waals surface area contributed by atoms with Crippen molar-refractivity contribution in [3.63, 3.8) is 0 Å². The molecule has 1 amide bonds. The monoisotopic (exact) mass is 455 g/mol. The van der Waals surface area contributed by atoms with E-state index in [2.05, 4.69) is 11.4 Å². The van der Waals surface area contributed by atoms with E-state index in [4.69, 9.17) is 10.5 Å². The Morgan fingerprint density at radius 1 is 1.09 bits per heavy atom. The molecule has 170 valence electrons. The van der Waals surface area contributed by atoms with Gasteiger partial charge in [-0.2, -0.15) is 5.26 Å². The number of nitrogens with zero attached hydrogens (tertiary/aromatic N) is 1. The number of carbonyl (C=O) groups excluding carboxylic acids is 1. The minimum Gasteiger partial charge on any atom is -0.381 e. The number of amides is 1. The Kier molecular flexibility index (Phi) is 7.34. The van der Waals surface area contributed by atoms with Crippen molar-refractivity contribution >= 4 is 15.7 Å². The van der Waals surface area contributed by atoms with E-state index in [0.717, 1.165) is 16.7 Å². The second-order valence-electron chi connectivity index (χ2n) is 8.44. The van der Waals surface area contributed by atoms with Crippen LogP contribution in [0.1, 0.15) is 32.3 Å². The highest BCUT2D eigenvalue weighted by Crippen LogP contribution is 2.24. The van der Waals surface area contributed by atoms with Crippen molar-refractivity contribution in [1.29, 1.82) is 5.26 Å². The number of nitrogens with one attached hydrogen (secondary N) is 1. The average Bonchev–Trinajstić information content (AvgIpc) is 2.79. The van der Waals surface area contributed by atoms with E-state index < -0.39 is 26.7 Å². The summed E-state index contributed by atoms with van der Waals surface area (Å²) in [6.07, 6.45) is 1.23. The van der Waals surface area contributed by atoms with Crippen molar-refractivity contribution in [3.8, 4) is 17.2 Å². The molecule has 1 aliphatic heterocycles. The Bertz CT molecular complexity index is 1080. The first-order valence-corrected chi connectivity index (χ1v) is 12.2. The van der Waals surface area contributed by atoms with Gasteiger partial charge in [0.05, 0.1) is 21.8 Å². The van der Waals surface area contributed by atoms with Crippen LogP contribution in [-0.2, 0) is 25.8 Å². The molecule has 3 rings (SSSR count). The largest absolute Gasteiger partial charge is 0.381 e. The lowest BCUT2D eigenvalue weighted by atomic mass is 9.90. The fourth-order valence-corrected chi connectivity index (χ4v) is 4.63. The van der Waals surface area contributed by atoms with Crippen LogP contribution in [0.2, 0.25) is 0 Å². The van der Waals surface area contributed by atoms with Gasteiger partial charge in [-0.15, -0.1) is 0 Å². The van der Waals surface area contributed by atoms with Crippen LogP contribution < -0.4 is 11.1 Å². The van der Waals surface area contributed by atoms with Crippen LogP contribution in [0.25, 0.3) is 11.1 Å². The minimum atomic E-state index is -3.30. The molecule has 0 aliphatic carbocycles. The fourth-order valence-electron chi connectivity index (χ4n) is 3.57. The number of benzene rings is 2. The predicted molar refractivity (Wildman–Crippen MR) is 122 cm³/mol. The molecular formula is C24H29N3O4S. The third kappa shape index (κ3) is 5.36. The van der Waals surface area contributed by atoms with Crippen molar-refractivity contribution in [1.82, 2.24) is 5.32 Å². The van der Waals surface area contributed by atoms with Gasteiger partial charge in [-0.25, -0.2) is 8.42 Å². The maximum Gasteiger partial charge on any atom is 0.241 e. The molecule has 0 spiro atoms. The van der Waals surface area contributed by atoms with Crippen LogP contribution in [0.3, 0.4) is 0 Å². The van der Waals surface area contributed by atoms with E-state index in [9.17, 15) is 18.5 Å². The van der Waals surface area contributed by atoms with E-state index in [-0.39, 0.29) is 5.91 Å². The lowest BCUT2D eigenvalue weighted by Gasteiger charge is -2.32. The van der Waals surface area contributed by atoms with E-state index in [0.29, 0.717) is 37.4 Å². The summed E-state index contributed by atoms with van der Waals surface area (Å²) in [6, 6.07) is 15.9. The van der Waals surface area contributed by atoms with Gasteiger partial charge in [0.25, 0.3) is 0 Å². The third-order valence-electron chi connectivity index (χ3n) is 5.83. The quantitative estimate of drug-likeness (QED) is 0.662. The SMILES string of the molecule is CC(C)S(=O)(=O)c1ccc(-c2ccc(C[C@@H](C#N)NC(=O)C3(N)CCOCC3)cc2)cc1. The second kappa shape index (κ2) is 9.82. The Balaban J connectivity index is 1.66. The number of rotatable bonds is 7. The number of sulfone groups is 1. The third-order valence-corrected chi connectivity index (χ3v) is 8.00. The lowest BCUT2D eigenvalue weighted by molar-refractivity contribution is -0.130. The van der Waals surface area contributed by atoms with E-state index in [1.54, 1.807) is 38.1 Å². The molecule has 1 heterocycles. The zero-order valence-electron chi connectivity index (χ0n) is 18.4. The molecule has 2 aromatic carbocycles. The van der Waals surface area contributed by atoms with Crippen LogP contribution in [0.4, 0.5) is 0 Å². The molecule has 0 aromatic heterocycles. The highest BCUT2D eigenvalue weighted by Gasteiger charge is 2.36. The molecule has 7 nitrogen and oxygen atoms in total. The number of nitrogens with two attached hydrogens (primary N) is 1. The average molecular weight is 456 g/mol. The first-order chi connectivity index (χ1) is 15.2. The Hall–Kier alpha value is -2.73. The van der Waals surface area contributed by atoms with Crippen molar-refractivity contribution in [2.24, 2.45) is 5.73 Å². The van der Waals surface area contributed by atoms with Gasteiger partial charge in [0.15, 0.2) is 9.84 Å². The minimum absolute atomic E-state index is 0.308. The van der Waals surface area contributed by atoms with Crippen LogP contribution in [0.15, 0.2) is 53.4 Å². The molecule has 2 aromatic rings. The van der Waals surface area contributed by atoms with Gasteiger partial charge < -0.3 is 15.8 Å². The van der Waals surface area contributed by atoms with Gasteiger partial charge in [0, 0.05) is 19.6 Å². The lowest BCUT2D eigenvalue weighted by Crippen LogP contribution is -2.58. The van der Waals surface area contributed by atoms with Gasteiger partial charge >= 0.3 is 0 Å². The van der Waals surface area contributed by atoms with Gasteiger partial charge in [-0.1, -0.05) is 36.4 Å². The maximum absolute atomic E-state index is 12.6. The van der Waals surface area contributed by atoms with Crippen molar-refractivity contribution in [2.75, 3.05) is 13.2 Å².